The summed E-state index contributed by atoms with van der Waals surface area (Å²) in [7, 11) is 1.95. The molecule has 0 radical (unpaired) electrons. The first-order valence-corrected chi connectivity index (χ1v) is 8.22. The Hall–Kier alpha value is -1.40. The number of hydrogen-bond donors (Lipinski definition) is 0. The summed E-state index contributed by atoms with van der Waals surface area (Å²) in [5.74, 6) is 0.575. The molecular weight excluding hydrogens is 280 g/mol. The molecule has 0 spiro atoms. The number of aromatic nitrogens is 2. The van der Waals surface area contributed by atoms with Gasteiger partial charge < -0.3 is 9.64 Å². The molecule has 1 saturated heterocycles. The highest BCUT2D eigenvalue weighted by Gasteiger charge is 2.33. The van der Waals surface area contributed by atoms with Crippen molar-refractivity contribution in [3.8, 4) is 0 Å². The molecular formula is C16H26N4O2. The molecule has 6 nitrogen and oxygen atoms in total. The summed E-state index contributed by atoms with van der Waals surface area (Å²) < 4.78 is 7.27. The van der Waals surface area contributed by atoms with Gasteiger partial charge in [0, 0.05) is 39.1 Å². The minimum atomic E-state index is 0.263. The Morgan fingerprint density at radius 2 is 2.14 bits per heavy atom. The topological polar surface area (TPSA) is 50.6 Å². The van der Waals surface area contributed by atoms with Crippen LogP contribution in [0.5, 0.6) is 0 Å². The molecule has 2 heterocycles. The average Bonchev–Trinajstić information content (AvgIpc) is 3.30. The molecule has 1 amide bonds. The van der Waals surface area contributed by atoms with E-state index >= 15 is 0 Å². The second kappa shape index (κ2) is 6.79. The van der Waals surface area contributed by atoms with Gasteiger partial charge in [0.05, 0.1) is 31.1 Å². The van der Waals surface area contributed by atoms with Crippen molar-refractivity contribution in [3.63, 3.8) is 0 Å². The van der Waals surface area contributed by atoms with Gasteiger partial charge in [0.1, 0.15) is 0 Å². The number of amides is 1. The van der Waals surface area contributed by atoms with Gasteiger partial charge in [-0.1, -0.05) is 0 Å². The smallest absolute Gasteiger partial charge is 0.226 e. The van der Waals surface area contributed by atoms with Crippen molar-refractivity contribution in [2.45, 2.75) is 26.3 Å². The van der Waals surface area contributed by atoms with Crippen molar-refractivity contribution in [1.82, 2.24) is 19.6 Å². The standard InChI is InChI=1S/C16H26N4O2/c1-13-11-15(18(2)17-13)12-20(16(21)14-3-4-14)6-5-19-7-9-22-10-8-19/h11,14H,3-10,12H2,1-2H3. The van der Waals surface area contributed by atoms with Gasteiger partial charge in [0.15, 0.2) is 0 Å². The number of rotatable bonds is 6. The predicted molar refractivity (Wildman–Crippen MR) is 83.3 cm³/mol. The second-order valence-corrected chi connectivity index (χ2v) is 6.39. The van der Waals surface area contributed by atoms with Crippen LogP contribution in [0.4, 0.5) is 0 Å². The molecule has 0 atom stereocenters. The number of hydrogen-bond acceptors (Lipinski definition) is 4. The Morgan fingerprint density at radius 1 is 1.41 bits per heavy atom. The van der Waals surface area contributed by atoms with Gasteiger partial charge >= 0.3 is 0 Å². The third-order valence-corrected chi connectivity index (χ3v) is 4.48. The SMILES string of the molecule is Cc1cc(CN(CCN2CCOCC2)C(=O)C2CC2)n(C)n1. The van der Waals surface area contributed by atoms with Crippen LogP contribution >= 0.6 is 0 Å². The first kappa shape index (κ1) is 15.5. The van der Waals surface area contributed by atoms with Gasteiger partial charge in [0.25, 0.3) is 0 Å². The van der Waals surface area contributed by atoms with Crippen LogP contribution in [0.25, 0.3) is 0 Å². The zero-order chi connectivity index (χ0) is 15.5. The van der Waals surface area contributed by atoms with E-state index in [1.807, 2.05) is 23.6 Å². The summed E-state index contributed by atoms with van der Waals surface area (Å²) >= 11 is 0. The molecule has 0 bridgehead atoms. The number of carbonyl (C=O) groups excluding carboxylic acids is 1. The average molecular weight is 306 g/mol. The van der Waals surface area contributed by atoms with Crippen molar-refractivity contribution in [2.75, 3.05) is 39.4 Å². The Morgan fingerprint density at radius 3 is 2.73 bits per heavy atom. The number of carbonyl (C=O) groups is 1. The summed E-state index contributed by atoms with van der Waals surface area (Å²) in [5.41, 5.74) is 2.11. The van der Waals surface area contributed by atoms with E-state index in [1.165, 1.54) is 0 Å². The van der Waals surface area contributed by atoms with Crippen LogP contribution in [0.1, 0.15) is 24.2 Å². The van der Waals surface area contributed by atoms with Crippen molar-refractivity contribution in [2.24, 2.45) is 13.0 Å². The minimum Gasteiger partial charge on any atom is -0.379 e. The van der Waals surface area contributed by atoms with Crippen LogP contribution in [0.3, 0.4) is 0 Å². The molecule has 1 aromatic rings. The first-order valence-electron chi connectivity index (χ1n) is 8.22. The maximum Gasteiger partial charge on any atom is 0.226 e. The second-order valence-electron chi connectivity index (χ2n) is 6.39. The number of morpholine rings is 1. The summed E-state index contributed by atoms with van der Waals surface area (Å²) in [6, 6.07) is 2.07. The summed E-state index contributed by atoms with van der Waals surface area (Å²) in [4.78, 5) is 17.0. The lowest BCUT2D eigenvalue weighted by molar-refractivity contribution is -0.133. The fraction of sp³-hybridized carbons (Fsp3) is 0.750. The molecule has 122 valence electrons. The predicted octanol–water partition coefficient (Wildman–Crippen LogP) is 0.799. The highest BCUT2D eigenvalue weighted by Crippen LogP contribution is 2.31. The van der Waals surface area contributed by atoms with Crippen molar-refractivity contribution < 1.29 is 9.53 Å². The molecule has 3 rings (SSSR count). The third-order valence-electron chi connectivity index (χ3n) is 4.48. The van der Waals surface area contributed by atoms with E-state index in [4.69, 9.17) is 4.74 Å². The van der Waals surface area contributed by atoms with E-state index in [2.05, 4.69) is 16.1 Å². The van der Waals surface area contributed by atoms with E-state index < -0.39 is 0 Å². The van der Waals surface area contributed by atoms with Crippen LogP contribution in [0.2, 0.25) is 0 Å². The first-order chi connectivity index (χ1) is 10.6. The summed E-state index contributed by atoms with van der Waals surface area (Å²) in [5, 5.41) is 4.39. The van der Waals surface area contributed by atoms with Gasteiger partial charge in [-0.3, -0.25) is 14.4 Å². The molecule has 0 unspecified atom stereocenters. The molecule has 1 aliphatic heterocycles. The molecule has 0 N–H and O–H groups in total. The van der Waals surface area contributed by atoms with E-state index in [0.29, 0.717) is 12.5 Å². The van der Waals surface area contributed by atoms with Gasteiger partial charge in [-0.15, -0.1) is 0 Å². The highest BCUT2D eigenvalue weighted by molar-refractivity contribution is 5.81. The Kier molecular flexibility index (Phi) is 4.78. The molecule has 22 heavy (non-hydrogen) atoms. The number of ether oxygens (including phenoxy) is 1. The number of nitrogens with zero attached hydrogens (tertiary/aromatic N) is 4. The molecule has 1 aliphatic carbocycles. The largest absolute Gasteiger partial charge is 0.379 e. The Bertz CT molecular complexity index is 518. The quantitative estimate of drug-likeness (QED) is 0.780. The molecule has 1 aromatic heterocycles. The van der Waals surface area contributed by atoms with Crippen LogP contribution in [0, 0.1) is 12.8 Å². The lowest BCUT2D eigenvalue weighted by Gasteiger charge is -2.30. The maximum atomic E-state index is 12.6. The third kappa shape index (κ3) is 3.87. The minimum absolute atomic E-state index is 0.263. The fourth-order valence-electron chi connectivity index (χ4n) is 2.95. The zero-order valence-electron chi connectivity index (χ0n) is 13.6. The lowest BCUT2D eigenvalue weighted by Crippen LogP contribution is -2.43. The molecule has 0 aromatic carbocycles. The van der Waals surface area contributed by atoms with Gasteiger partial charge in [0.2, 0.25) is 5.91 Å². The number of aryl methyl sites for hydroxylation is 2. The van der Waals surface area contributed by atoms with Gasteiger partial charge in [-0.05, 0) is 25.8 Å². The zero-order valence-corrected chi connectivity index (χ0v) is 13.6. The van der Waals surface area contributed by atoms with Crippen LogP contribution in [-0.2, 0) is 23.1 Å². The molecule has 2 fully saturated rings. The van der Waals surface area contributed by atoms with E-state index in [1.54, 1.807) is 0 Å². The Labute approximate surface area is 132 Å². The fourth-order valence-corrected chi connectivity index (χ4v) is 2.95. The summed E-state index contributed by atoms with van der Waals surface area (Å²) in [6.07, 6.45) is 2.11. The van der Waals surface area contributed by atoms with Crippen molar-refractivity contribution >= 4 is 5.91 Å². The summed E-state index contributed by atoms with van der Waals surface area (Å²) in [6.45, 7) is 7.92. The van der Waals surface area contributed by atoms with Gasteiger partial charge in [-0.2, -0.15) is 5.10 Å². The maximum absolute atomic E-state index is 12.6. The van der Waals surface area contributed by atoms with Crippen LogP contribution < -0.4 is 0 Å². The van der Waals surface area contributed by atoms with Gasteiger partial charge in [-0.25, -0.2) is 0 Å². The normalized spacial score (nSPS) is 19.4. The van der Waals surface area contributed by atoms with Crippen LogP contribution in [-0.4, -0.2) is 64.9 Å². The Balaban J connectivity index is 1.61. The molecule has 6 heteroatoms. The van der Waals surface area contributed by atoms with E-state index in [9.17, 15) is 4.79 Å². The van der Waals surface area contributed by atoms with Crippen molar-refractivity contribution in [3.05, 3.63) is 17.5 Å². The highest BCUT2D eigenvalue weighted by atomic mass is 16.5. The lowest BCUT2D eigenvalue weighted by atomic mass is 10.2. The van der Waals surface area contributed by atoms with Crippen LogP contribution in [0.15, 0.2) is 6.07 Å². The monoisotopic (exact) mass is 306 g/mol. The molecule has 1 saturated carbocycles. The van der Waals surface area contributed by atoms with E-state index in [0.717, 1.165) is 63.6 Å². The van der Waals surface area contributed by atoms with E-state index in [-0.39, 0.29) is 5.92 Å². The molecule has 2 aliphatic rings. The van der Waals surface area contributed by atoms with Crippen molar-refractivity contribution in [1.29, 1.82) is 0 Å².